The zero-order chi connectivity index (χ0) is 13.0. The standard InChI is InChI=1S/C12H14ClIN4/c1-2-5-15-7-11-10(13)3-4-12(17-11)18-8-9(14)6-16-18/h3-4,6,8,15H,2,5,7H2,1H3. The lowest BCUT2D eigenvalue weighted by Gasteiger charge is -2.07. The third kappa shape index (κ3) is 3.43. The van der Waals surface area contributed by atoms with E-state index >= 15 is 0 Å². The van der Waals surface area contributed by atoms with Crippen LogP contribution in [0, 0.1) is 3.57 Å². The van der Waals surface area contributed by atoms with Gasteiger partial charge in [-0.1, -0.05) is 18.5 Å². The fourth-order valence-corrected chi connectivity index (χ4v) is 2.09. The second-order valence-corrected chi connectivity index (χ2v) is 5.53. The van der Waals surface area contributed by atoms with Crippen molar-refractivity contribution in [2.24, 2.45) is 0 Å². The quantitative estimate of drug-likeness (QED) is 0.644. The number of pyridine rings is 1. The Morgan fingerprint density at radius 2 is 2.28 bits per heavy atom. The van der Waals surface area contributed by atoms with Crippen molar-refractivity contribution in [3.05, 3.63) is 38.8 Å². The maximum Gasteiger partial charge on any atom is 0.153 e. The first-order valence-corrected chi connectivity index (χ1v) is 7.23. The summed E-state index contributed by atoms with van der Waals surface area (Å²) in [5.41, 5.74) is 0.855. The third-order valence-corrected chi connectivity index (χ3v) is 3.31. The summed E-state index contributed by atoms with van der Waals surface area (Å²) >= 11 is 8.36. The van der Waals surface area contributed by atoms with Gasteiger partial charge in [0.25, 0.3) is 0 Å². The molecule has 0 spiro atoms. The average Bonchev–Trinajstić information content (AvgIpc) is 2.78. The predicted molar refractivity (Wildman–Crippen MR) is 81.1 cm³/mol. The van der Waals surface area contributed by atoms with Gasteiger partial charge in [-0.25, -0.2) is 9.67 Å². The first-order valence-electron chi connectivity index (χ1n) is 5.77. The van der Waals surface area contributed by atoms with Gasteiger partial charge in [0.1, 0.15) is 0 Å². The molecule has 0 aliphatic rings. The Kier molecular flexibility index (Phi) is 4.96. The van der Waals surface area contributed by atoms with E-state index in [1.54, 1.807) is 10.9 Å². The third-order valence-electron chi connectivity index (χ3n) is 2.41. The smallest absolute Gasteiger partial charge is 0.153 e. The zero-order valence-corrected chi connectivity index (χ0v) is 12.9. The summed E-state index contributed by atoms with van der Waals surface area (Å²) < 4.78 is 2.83. The predicted octanol–water partition coefficient (Wildman–Crippen LogP) is 3.02. The van der Waals surface area contributed by atoms with Crippen molar-refractivity contribution in [2.75, 3.05) is 6.54 Å². The molecule has 2 heterocycles. The number of hydrogen-bond acceptors (Lipinski definition) is 3. The molecule has 2 rings (SSSR count). The van der Waals surface area contributed by atoms with Crippen molar-refractivity contribution < 1.29 is 0 Å². The van der Waals surface area contributed by atoms with E-state index in [2.05, 4.69) is 44.9 Å². The molecule has 0 saturated heterocycles. The molecule has 2 aromatic rings. The Labute approximate surface area is 125 Å². The monoisotopic (exact) mass is 376 g/mol. The van der Waals surface area contributed by atoms with Crippen LogP contribution in [0.5, 0.6) is 0 Å². The molecule has 18 heavy (non-hydrogen) atoms. The van der Waals surface area contributed by atoms with Crippen LogP contribution in [-0.2, 0) is 6.54 Å². The van der Waals surface area contributed by atoms with E-state index in [1.165, 1.54) is 0 Å². The summed E-state index contributed by atoms with van der Waals surface area (Å²) in [6.45, 7) is 3.77. The van der Waals surface area contributed by atoms with E-state index < -0.39 is 0 Å². The summed E-state index contributed by atoms with van der Waals surface area (Å²) in [4.78, 5) is 4.53. The molecule has 0 atom stereocenters. The van der Waals surface area contributed by atoms with Gasteiger partial charge in [0.15, 0.2) is 5.82 Å². The Hall–Kier alpha value is -0.660. The second-order valence-electron chi connectivity index (χ2n) is 3.88. The number of aromatic nitrogens is 3. The molecule has 96 valence electrons. The van der Waals surface area contributed by atoms with Gasteiger partial charge in [0.2, 0.25) is 0 Å². The highest BCUT2D eigenvalue weighted by Crippen LogP contribution is 2.16. The largest absolute Gasteiger partial charge is 0.311 e. The second kappa shape index (κ2) is 6.49. The van der Waals surface area contributed by atoms with Crippen molar-refractivity contribution in [2.45, 2.75) is 19.9 Å². The minimum Gasteiger partial charge on any atom is -0.311 e. The zero-order valence-electron chi connectivity index (χ0n) is 10.0. The molecule has 0 radical (unpaired) electrons. The van der Waals surface area contributed by atoms with Crippen LogP contribution >= 0.6 is 34.2 Å². The van der Waals surface area contributed by atoms with Crippen molar-refractivity contribution in [1.29, 1.82) is 0 Å². The molecule has 0 amide bonds. The Morgan fingerprint density at radius 3 is 2.94 bits per heavy atom. The minimum absolute atomic E-state index is 0.679. The molecular weight excluding hydrogens is 363 g/mol. The Balaban J connectivity index is 2.20. The lowest BCUT2D eigenvalue weighted by atomic mass is 10.3. The topological polar surface area (TPSA) is 42.7 Å². The van der Waals surface area contributed by atoms with Crippen LogP contribution < -0.4 is 5.32 Å². The molecule has 6 heteroatoms. The maximum atomic E-state index is 6.13. The van der Waals surface area contributed by atoms with Gasteiger partial charge in [-0.05, 0) is 47.7 Å². The van der Waals surface area contributed by atoms with Crippen LogP contribution in [0.3, 0.4) is 0 Å². The van der Waals surface area contributed by atoms with Crippen LogP contribution in [-0.4, -0.2) is 21.3 Å². The van der Waals surface area contributed by atoms with Crippen molar-refractivity contribution in [1.82, 2.24) is 20.1 Å². The SMILES string of the molecule is CCCNCc1nc(-n2cc(I)cn2)ccc1Cl. The van der Waals surface area contributed by atoms with E-state index in [1.807, 2.05) is 18.3 Å². The summed E-state index contributed by atoms with van der Waals surface area (Å²) in [5.74, 6) is 0.788. The molecule has 0 saturated carbocycles. The van der Waals surface area contributed by atoms with Crippen LogP contribution in [0.1, 0.15) is 19.0 Å². The van der Waals surface area contributed by atoms with Gasteiger partial charge >= 0.3 is 0 Å². The van der Waals surface area contributed by atoms with E-state index in [0.717, 1.165) is 28.0 Å². The molecule has 0 aromatic carbocycles. The van der Waals surface area contributed by atoms with Gasteiger partial charge in [0.05, 0.1) is 20.5 Å². The summed E-state index contributed by atoms with van der Waals surface area (Å²) in [7, 11) is 0. The molecule has 0 bridgehead atoms. The van der Waals surface area contributed by atoms with Gasteiger partial charge < -0.3 is 5.32 Å². The number of nitrogens with one attached hydrogen (secondary N) is 1. The lowest BCUT2D eigenvalue weighted by molar-refractivity contribution is 0.661. The van der Waals surface area contributed by atoms with Gasteiger partial charge in [-0.15, -0.1) is 0 Å². The maximum absolute atomic E-state index is 6.13. The number of halogens is 2. The summed E-state index contributed by atoms with van der Waals surface area (Å²) in [6, 6.07) is 3.73. The molecule has 0 fully saturated rings. The number of rotatable bonds is 5. The molecule has 1 N–H and O–H groups in total. The Bertz CT molecular complexity index is 527. The van der Waals surface area contributed by atoms with Gasteiger partial charge in [0, 0.05) is 12.7 Å². The highest BCUT2D eigenvalue weighted by Gasteiger charge is 2.06. The van der Waals surface area contributed by atoms with E-state index in [9.17, 15) is 0 Å². The van der Waals surface area contributed by atoms with Crippen LogP contribution in [0.25, 0.3) is 5.82 Å². The van der Waals surface area contributed by atoms with Crippen molar-refractivity contribution in [3.63, 3.8) is 0 Å². The van der Waals surface area contributed by atoms with E-state index in [0.29, 0.717) is 11.6 Å². The minimum atomic E-state index is 0.679. The molecule has 2 aromatic heterocycles. The fourth-order valence-electron chi connectivity index (χ4n) is 1.53. The van der Waals surface area contributed by atoms with Crippen molar-refractivity contribution in [3.8, 4) is 5.82 Å². The first kappa shape index (κ1) is 13.8. The molecule has 0 aliphatic carbocycles. The highest BCUT2D eigenvalue weighted by molar-refractivity contribution is 14.1. The van der Waals surface area contributed by atoms with Gasteiger partial charge in [-0.2, -0.15) is 5.10 Å². The average molecular weight is 377 g/mol. The molecule has 0 unspecified atom stereocenters. The lowest BCUT2D eigenvalue weighted by Crippen LogP contribution is -2.16. The molecular formula is C12H14ClIN4. The van der Waals surface area contributed by atoms with E-state index in [4.69, 9.17) is 11.6 Å². The van der Waals surface area contributed by atoms with E-state index in [-0.39, 0.29) is 0 Å². The summed E-state index contributed by atoms with van der Waals surface area (Å²) in [5, 5.41) is 8.22. The molecule has 4 nitrogen and oxygen atoms in total. The highest BCUT2D eigenvalue weighted by atomic mass is 127. The first-order chi connectivity index (χ1) is 8.70. The normalized spacial score (nSPS) is 10.8. The number of nitrogens with zero attached hydrogens (tertiary/aromatic N) is 3. The van der Waals surface area contributed by atoms with Crippen molar-refractivity contribution >= 4 is 34.2 Å². The van der Waals surface area contributed by atoms with Crippen LogP contribution in [0.2, 0.25) is 5.02 Å². The fraction of sp³-hybridized carbons (Fsp3) is 0.333. The Morgan fingerprint density at radius 1 is 1.44 bits per heavy atom. The molecule has 0 aliphatic heterocycles. The summed E-state index contributed by atoms with van der Waals surface area (Å²) in [6.07, 6.45) is 4.82. The van der Waals surface area contributed by atoms with Gasteiger partial charge in [-0.3, -0.25) is 0 Å². The number of hydrogen-bond donors (Lipinski definition) is 1. The van der Waals surface area contributed by atoms with Crippen LogP contribution in [0.4, 0.5) is 0 Å². The van der Waals surface area contributed by atoms with Crippen LogP contribution in [0.15, 0.2) is 24.5 Å².